The van der Waals surface area contributed by atoms with E-state index in [2.05, 4.69) is 0 Å². The zero-order valence-electron chi connectivity index (χ0n) is 6.01. The molecule has 5 heteroatoms. The summed E-state index contributed by atoms with van der Waals surface area (Å²) in [5.41, 5.74) is 0. The SMILES string of the molecule is FP123OC=CC1(C=CO2)C=CO3. The van der Waals surface area contributed by atoms with Gasteiger partial charge in [0.2, 0.25) is 0 Å². The van der Waals surface area contributed by atoms with Crippen LogP contribution in [0.1, 0.15) is 0 Å². The molecule has 3 heterocycles. The fourth-order valence-electron chi connectivity index (χ4n) is 1.60. The van der Waals surface area contributed by atoms with Crippen molar-refractivity contribution in [2.45, 2.75) is 5.16 Å². The molecule has 64 valence electrons. The first kappa shape index (κ1) is 6.49. The zero-order chi connectivity index (χ0) is 8.31. The van der Waals surface area contributed by atoms with Gasteiger partial charge >= 0.3 is 67.5 Å². The normalized spacial score (nSPS) is 44.9. The average Bonchev–Trinajstić information content (AvgIpc) is 2.43. The first-order chi connectivity index (χ1) is 5.68. The van der Waals surface area contributed by atoms with Crippen molar-refractivity contribution in [1.82, 2.24) is 0 Å². The molecule has 0 unspecified atom stereocenters. The summed E-state index contributed by atoms with van der Waals surface area (Å²) in [6, 6.07) is 0. The molecule has 0 N–H and O–H groups in total. The van der Waals surface area contributed by atoms with Gasteiger partial charge in [0.15, 0.2) is 0 Å². The van der Waals surface area contributed by atoms with Gasteiger partial charge in [0, 0.05) is 0 Å². The molecule has 3 nitrogen and oxygen atoms in total. The second-order valence-electron chi connectivity index (χ2n) is 2.90. The van der Waals surface area contributed by atoms with Crippen LogP contribution in [0.3, 0.4) is 0 Å². The Morgan fingerprint density at radius 3 is 1.67 bits per heavy atom. The van der Waals surface area contributed by atoms with E-state index in [0.717, 1.165) is 0 Å². The van der Waals surface area contributed by atoms with Crippen molar-refractivity contribution in [2.24, 2.45) is 0 Å². The molecule has 3 aliphatic rings. The Hall–Kier alpha value is -1.02. The molecule has 0 aromatic rings. The molecule has 0 saturated carbocycles. The van der Waals surface area contributed by atoms with Gasteiger partial charge in [-0.2, -0.15) is 0 Å². The van der Waals surface area contributed by atoms with Gasteiger partial charge in [-0.25, -0.2) is 0 Å². The summed E-state index contributed by atoms with van der Waals surface area (Å²) in [6.45, 7) is 0. The average molecular weight is 188 g/mol. The third kappa shape index (κ3) is 0.396. The fourth-order valence-corrected chi connectivity index (χ4v) is 4.00. The molecule has 3 aliphatic heterocycles. The molecule has 0 aromatic carbocycles. The van der Waals surface area contributed by atoms with E-state index in [4.69, 9.17) is 13.6 Å². The third-order valence-corrected chi connectivity index (χ3v) is 5.47. The van der Waals surface area contributed by atoms with Crippen LogP contribution in [-0.4, -0.2) is 5.16 Å². The Bertz CT molecular complexity index is 300. The summed E-state index contributed by atoms with van der Waals surface area (Å²) in [4.78, 5) is 0. The predicted molar refractivity (Wildman–Crippen MR) is 41.4 cm³/mol. The van der Waals surface area contributed by atoms with Gasteiger partial charge < -0.3 is 0 Å². The zero-order valence-corrected chi connectivity index (χ0v) is 6.91. The van der Waals surface area contributed by atoms with E-state index in [1.165, 1.54) is 18.8 Å². The molecule has 0 bridgehead atoms. The predicted octanol–water partition coefficient (Wildman–Crippen LogP) is 2.54. The van der Waals surface area contributed by atoms with Crippen molar-refractivity contribution in [1.29, 1.82) is 0 Å². The van der Waals surface area contributed by atoms with Crippen molar-refractivity contribution < 1.29 is 17.8 Å². The molecule has 12 heavy (non-hydrogen) atoms. The van der Waals surface area contributed by atoms with Crippen LogP contribution >= 0.6 is 7.59 Å². The number of rotatable bonds is 0. The Labute approximate surface area is 68.4 Å². The van der Waals surface area contributed by atoms with Crippen molar-refractivity contribution in [3.05, 3.63) is 37.0 Å². The molecule has 0 aromatic heterocycles. The number of hydrogen-bond acceptors (Lipinski definition) is 3. The van der Waals surface area contributed by atoms with Crippen molar-refractivity contribution in [2.75, 3.05) is 0 Å². The van der Waals surface area contributed by atoms with Gasteiger partial charge in [0.25, 0.3) is 0 Å². The summed E-state index contributed by atoms with van der Waals surface area (Å²) >= 11 is 0. The van der Waals surface area contributed by atoms with Gasteiger partial charge in [-0.1, -0.05) is 0 Å². The van der Waals surface area contributed by atoms with Crippen molar-refractivity contribution >= 4 is 7.59 Å². The molecule has 0 spiro atoms. The van der Waals surface area contributed by atoms with Gasteiger partial charge in [-0.15, -0.1) is 0 Å². The van der Waals surface area contributed by atoms with Crippen LogP contribution in [0.4, 0.5) is 4.20 Å². The van der Waals surface area contributed by atoms with Crippen molar-refractivity contribution in [3.63, 3.8) is 0 Å². The Morgan fingerprint density at radius 1 is 0.917 bits per heavy atom. The summed E-state index contributed by atoms with van der Waals surface area (Å²) in [6.07, 6.45) is 8.72. The summed E-state index contributed by atoms with van der Waals surface area (Å²) in [7, 11) is -4.39. The summed E-state index contributed by atoms with van der Waals surface area (Å²) in [5.74, 6) is 0. The van der Waals surface area contributed by atoms with Gasteiger partial charge in [0.05, 0.1) is 0 Å². The Kier molecular flexibility index (Phi) is 0.757. The summed E-state index contributed by atoms with van der Waals surface area (Å²) in [5, 5.41) is -0.911. The van der Waals surface area contributed by atoms with Gasteiger partial charge in [-0.3, -0.25) is 0 Å². The van der Waals surface area contributed by atoms with Crippen LogP contribution in [0.15, 0.2) is 37.0 Å². The van der Waals surface area contributed by atoms with E-state index in [-0.39, 0.29) is 0 Å². The molecule has 3 rings (SSSR count). The van der Waals surface area contributed by atoms with E-state index in [0.29, 0.717) is 0 Å². The minimum atomic E-state index is -4.39. The number of halogens is 1. The standard InChI is InChI=1S/C7H6FO3P/c8-12-7(1-4-9-12,2-5-10-12)3-6-11-12/h1-6H. The van der Waals surface area contributed by atoms with Crippen LogP contribution in [0.25, 0.3) is 0 Å². The van der Waals surface area contributed by atoms with Crippen molar-refractivity contribution in [3.8, 4) is 0 Å². The van der Waals surface area contributed by atoms with E-state index >= 15 is 0 Å². The Balaban J connectivity index is 2.31. The van der Waals surface area contributed by atoms with E-state index < -0.39 is 12.8 Å². The van der Waals surface area contributed by atoms with E-state index in [9.17, 15) is 4.20 Å². The second kappa shape index (κ2) is 1.40. The molecule has 0 fully saturated rings. The van der Waals surface area contributed by atoms with E-state index in [1.54, 1.807) is 18.2 Å². The molecule has 0 atom stereocenters. The fraction of sp³-hybridized carbons (Fsp3) is 0.143. The van der Waals surface area contributed by atoms with Crippen LogP contribution in [0.5, 0.6) is 0 Å². The quantitative estimate of drug-likeness (QED) is 0.546. The van der Waals surface area contributed by atoms with Gasteiger partial charge in [0.1, 0.15) is 0 Å². The van der Waals surface area contributed by atoms with Crippen LogP contribution in [0.2, 0.25) is 0 Å². The molecule has 0 saturated heterocycles. The third-order valence-electron chi connectivity index (χ3n) is 2.34. The maximum absolute atomic E-state index is 14.3. The van der Waals surface area contributed by atoms with Gasteiger partial charge in [-0.05, 0) is 0 Å². The first-order valence-electron chi connectivity index (χ1n) is 3.51. The summed E-state index contributed by atoms with van der Waals surface area (Å²) < 4.78 is 29.0. The topological polar surface area (TPSA) is 27.7 Å². The minimum absolute atomic E-state index is 0.911. The molecular weight excluding hydrogens is 182 g/mol. The maximum atomic E-state index is 14.3. The molecule has 0 radical (unpaired) electrons. The van der Waals surface area contributed by atoms with E-state index in [1.807, 2.05) is 0 Å². The Morgan fingerprint density at radius 2 is 1.33 bits per heavy atom. The molecule has 0 amide bonds. The monoisotopic (exact) mass is 188 g/mol. The number of allylic oxidation sites excluding steroid dienone is 3. The second-order valence-corrected chi connectivity index (χ2v) is 5.89. The molecule has 0 aliphatic carbocycles. The number of hydrogen-bond donors (Lipinski definition) is 0. The van der Waals surface area contributed by atoms with Crippen LogP contribution < -0.4 is 0 Å². The van der Waals surface area contributed by atoms with Crippen LogP contribution in [-0.2, 0) is 13.6 Å². The van der Waals surface area contributed by atoms with Crippen LogP contribution in [0, 0.1) is 0 Å². The molecular formula is C7H6FO3P. The first-order valence-corrected chi connectivity index (χ1v) is 5.39.